The van der Waals surface area contributed by atoms with E-state index in [1.807, 2.05) is 0 Å². The van der Waals surface area contributed by atoms with Crippen molar-refractivity contribution in [2.45, 2.75) is 17.4 Å². The van der Waals surface area contributed by atoms with Gasteiger partial charge in [-0.3, -0.25) is 0 Å². The quantitative estimate of drug-likeness (QED) is 0.756. The monoisotopic (exact) mass is 286 g/mol. The van der Waals surface area contributed by atoms with Crippen molar-refractivity contribution < 1.29 is 0 Å². The van der Waals surface area contributed by atoms with Gasteiger partial charge in [0.05, 0.1) is 0 Å². The van der Waals surface area contributed by atoms with Crippen LogP contribution in [0.5, 0.6) is 0 Å². The van der Waals surface area contributed by atoms with E-state index in [0.717, 1.165) is 0 Å². The van der Waals surface area contributed by atoms with Crippen molar-refractivity contribution >= 4 is 23.5 Å². The Balaban J connectivity index is 2.15. The lowest BCUT2D eigenvalue weighted by Gasteiger charge is -2.38. The van der Waals surface area contributed by atoms with Crippen LogP contribution >= 0.6 is 23.5 Å². The van der Waals surface area contributed by atoms with Gasteiger partial charge < -0.3 is 0 Å². The second kappa shape index (κ2) is 5.64. The normalized spacial score (nSPS) is 18.2. The molecular formula is C17H18S2. The molecule has 0 unspecified atom stereocenters. The predicted octanol–water partition coefficient (Wildman–Crippen LogP) is 5.07. The summed E-state index contributed by atoms with van der Waals surface area (Å²) in [5, 5.41) is 0. The summed E-state index contributed by atoms with van der Waals surface area (Å²) >= 11 is 4.19. The van der Waals surface area contributed by atoms with Gasteiger partial charge in [-0.2, -0.15) is 0 Å². The summed E-state index contributed by atoms with van der Waals surface area (Å²) in [6, 6.07) is 19.8. The Bertz CT molecular complexity index is 542. The van der Waals surface area contributed by atoms with Crippen molar-refractivity contribution in [3.63, 3.8) is 0 Å². The van der Waals surface area contributed by atoms with Gasteiger partial charge in [0.15, 0.2) is 0 Å². The van der Waals surface area contributed by atoms with E-state index in [1.54, 1.807) is 0 Å². The highest BCUT2D eigenvalue weighted by Crippen LogP contribution is 2.55. The molecule has 1 aliphatic heterocycles. The highest BCUT2D eigenvalue weighted by atomic mass is 32.2. The van der Waals surface area contributed by atoms with E-state index < -0.39 is 0 Å². The fraction of sp³-hybridized carbons (Fsp3) is 0.294. The third-order valence-electron chi connectivity index (χ3n) is 3.55. The molecule has 0 bridgehead atoms. The van der Waals surface area contributed by atoms with E-state index >= 15 is 0 Å². The minimum Gasteiger partial charge on any atom is -0.135 e. The predicted molar refractivity (Wildman–Crippen MR) is 87.9 cm³/mol. The average Bonchev–Trinajstić information content (AvgIpc) is 2.49. The van der Waals surface area contributed by atoms with Crippen molar-refractivity contribution in [1.29, 1.82) is 0 Å². The van der Waals surface area contributed by atoms with Crippen LogP contribution in [-0.2, 0) is 4.08 Å². The second-order valence-corrected chi connectivity index (χ2v) is 7.73. The molecule has 0 nitrogen and oxygen atoms in total. The summed E-state index contributed by atoms with van der Waals surface area (Å²) in [4.78, 5) is 0. The summed E-state index contributed by atoms with van der Waals surface area (Å²) in [6.07, 6.45) is 1.32. The van der Waals surface area contributed by atoms with Gasteiger partial charge in [0, 0.05) is 0 Å². The van der Waals surface area contributed by atoms with Crippen LogP contribution < -0.4 is 0 Å². The molecule has 1 heterocycles. The molecule has 3 rings (SSSR count). The van der Waals surface area contributed by atoms with Gasteiger partial charge >= 0.3 is 0 Å². The van der Waals surface area contributed by atoms with Crippen molar-refractivity contribution in [2.24, 2.45) is 0 Å². The number of hydrogen-bond acceptors (Lipinski definition) is 2. The number of hydrogen-bond donors (Lipinski definition) is 0. The highest BCUT2D eigenvalue weighted by Gasteiger charge is 2.38. The minimum absolute atomic E-state index is 0.0881. The Hall–Kier alpha value is -0.860. The van der Waals surface area contributed by atoms with Crippen molar-refractivity contribution in [3.05, 3.63) is 71.3 Å². The lowest BCUT2D eigenvalue weighted by atomic mass is 9.99. The van der Waals surface area contributed by atoms with Crippen LogP contribution in [0.4, 0.5) is 0 Å². The Labute approximate surface area is 124 Å². The standard InChI is InChI=1S/C17H18S2/c1-14-8-5-6-11-16(14)17(18-12-7-13-19-17)15-9-3-2-4-10-15/h2-6,8-11H,7,12-13H2,1H3. The molecule has 2 aromatic rings. The van der Waals surface area contributed by atoms with Crippen LogP contribution in [0.1, 0.15) is 23.1 Å². The molecule has 0 amide bonds. The SMILES string of the molecule is Cc1ccccc1C1(c2ccccc2)SCCCS1. The molecule has 0 saturated carbocycles. The molecule has 0 aliphatic carbocycles. The van der Waals surface area contributed by atoms with Crippen LogP contribution in [0.2, 0.25) is 0 Å². The topological polar surface area (TPSA) is 0 Å². The Kier molecular flexibility index (Phi) is 3.90. The van der Waals surface area contributed by atoms with E-state index in [1.165, 1.54) is 34.6 Å². The largest absolute Gasteiger partial charge is 0.135 e. The second-order valence-electron chi connectivity index (χ2n) is 4.85. The number of aryl methyl sites for hydroxylation is 1. The molecule has 0 radical (unpaired) electrons. The molecule has 1 saturated heterocycles. The van der Waals surface area contributed by atoms with E-state index in [4.69, 9.17) is 0 Å². The van der Waals surface area contributed by atoms with Gasteiger partial charge in [-0.1, -0.05) is 54.6 Å². The lowest BCUT2D eigenvalue weighted by molar-refractivity contribution is 0.993. The maximum atomic E-state index is 2.30. The van der Waals surface area contributed by atoms with Gasteiger partial charge in [-0.25, -0.2) is 0 Å². The Morgan fingerprint density at radius 1 is 0.842 bits per heavy atom. The maximum absolute atomic E-state index is 2.30. The molecular weight excluding hydrogens is 268 g/mol. The molecule has 0 spiro atoms. The van der Waals surface area contributed by atoms with Crippen molar-refractivity contribution in [3.8, 4) is 0 Å². The van der Waals surface area contributed by atoms with Crippen molar-refractivity contribution in [2.75, 3.05) is 11.5 Å². The maximum Gasteiger partial charge on any atom is 0.111 e. The zero-order valence-corrected chi connectivity index (χ0v) is 12.8. The van der Waals surface area contributed by atoms with Crippen LogP contribution in [0, 0.1) is 6.92 Å². The van der Waals surface area contributed by atoms with Crippen LogP contribution in [0.3, 0.4) is 0 Å². The van der Waals surface area contributed by atoms with Crippen LogP contribution in [0.25, 0.3) is 0 Å². The van der Waals surface area contributed by atoms with E-state index in [2.05, 4.69) is 85.0 Å². The summed E-state index contributed by atoms with van der Waals surface area (Å²) in [5.74, 6) is 2.49. The molecule has 1 fully saturated rings. The van der Waals surface area contributed by atoms with Gasteiger partial charge in [0.1, 0.15) is 4.08 Å². The molecule has 0 atom stereocenters. The fourth-order valence-corrected chi connectivity index (χ4v) is 6.15. The van der Waals surface area contributed by atoms with Crippen LogP contribution in [-0.4, -0.2) is 11.5 Å². The first-order chi connectivity index (χ1) is 9.33. The number of thioether (sulfide) groups is 2. The molecule has 2 heteroatoms. The molecule has 2 aromatic carbocycles. The van der Waals surface area contributed by atoms with Crippen LogP contribution in [0.15, 0.2) is 54.6 Å². The van der Waals surface area contributed by atoms with Gasteiger partial charge in [-0.05, 0) is 41.5 Å². The summed E-state index contributed by atoms with van der Waals surface area (Å²) < 4.78 is 0.0881. The molecule has 98 valence electrons. The molecule has 1 aliphatic rings. The smallest absolute Gasteiger partial charge is 0.111 e. The van der Waals surface area contributed by atoms with E-state index in [-0.39, 0.29) is 4.08 Å². The lowest BCUT2D eigenvalue weighted by Crippen LogP contribution is -2.25. The number of benzene rings is 2. The molecule has 0 N–H and O–H groups in total. The summed E-state index contributed by atoms with van der Waals surface area (Å²) in [5.41, 5.74) is 4.29. The Morgan fingerprint density at radius 3 is 2.16 bits per heavy atom. The van der Waals surface area contributed by atoms with Gasteiger partial charge in [0.2, 0.25) is 0 Å². The van der Waals surface area contributed by atoms with Crippen molar-refractivity contribution in [1.82, 2.24) is 0 Å². The summed E-state index contributed by atoms with van der Waals surface area (Å²) in [7, 11) is 0. The molecule has 19 heavy (non-hydrogen) atoms. The fourth-order valence-electron chi connectivity index (χ4n) is 2.61. The minimum atomic E-state index is 0.0881. The Morgan fingerprint density at radius 2 is 1.47 bits per heavy atom. The first-order valence-electron chi connectivity index (χ1n) is 6.72. The zero-order chi connectivity index (χ0) is 13.1. The molecule has 0 aromatic heterocycles. The first kappa shape index (κ1) is 13.1. The highest BCUT2D eigenvalue weighted by molar-refractivity contribution is 8.18. The zero-order valence-electron chi connectivity index (χ0n) is 11.1. The van der Waals surface area contributed by atoms with E-state index in [0.29, 0.717) is 0 Å². The van der Waals surface area contributed by atoms with E-state index in [9.17, 15) is 0 Å². The summed E-state index contributed by atoms with van der Waals surface area (Å²) in [6.45, 7) is 2.23. The third-order valence-corrected chi connectivity index (χ3v) is 6.97. The first-order valence-corrected chi connectivity index (χ1v) is 8.69. The van der Waals surface area contributed by atoms with Gasteiger partial charge in [0.25, 0.3) is 0 Å². The number of rotatable bonds is 2. The van der Waals surface area contributed by atoms with Gasteiger partial charge in [-0.15, -0.1) is 23.5 Å². The average molecular weight is 286 g/mol. The third kappa shape index (κ3) is 2.44.